The molecule has 0 spiro atoms. The van der Waals surface area contributed by atoms with E-state index in [4.69, 9.17) is 0 Å². The Kier molecular flexibility index (Phi) is 6.75. The Bertz CT molecular complexity index is 2870. The third kappa shape index (κ3) is 4.87. The van der Waals surface area contributed by atoms with Crippen molar-refractivity contribution in [1.82, 2.24) is 9.13 Å². The first-order valence-corrected chi connectivity index (χ1v) is 17.6. The van der Waals surface area contributed by atoms with Gasteiger partial charge in [0.15, 0.2) is 0 Å². The first-order valence-electron chi connectivity index (χ1n) is 17.6. The zero-order valence-corrected chi connectivity index (χ0v) is 28.3. The van der Waals surface area contributed by atoms with Crippen molar-refractivity contribution < 1.29 is 0 Å². The van der Waals surface area contributed by atoms with E-state index in [2.05, 4.69) is 204 Å². The first-order chi connectivity index (χ1) is 25.2. The van der Waals surface area contributed by atoms with Crippen LogP contribution in [0, 0.1) is 6.92 Å². The molecule has 2 nitrogen and oxygen atoms in total. The van der Waals surface area contributed by atoms with Crippen LogP contribution < -0.4 is 0 Å². The maximum absolute atomic E-state index is 2.42. The Hall–Kier alpha value is -6.64. The Balaban J connectivity index is 1.13. The Morgan fingerprint density at radius 1 is 0.275 bits per heavy atom. The highest BCUT2D eigenvalue weighted by Gasteiger charge is 2.17. The van der Waals surface area contributed by atoms with Gasteiger partial charge in [-0.3, -0.25) is 0 Å². The number of aryl methyl sites for hydroxylation is 1. The van der Waals surface area contributed by atoms with Crippen LogP contribution in [0.5, 0.6) is 0 Å². The summed E-state index contributed by atoms with van der Waals surface area (Å²) >= 11 is 0. The third-order valence-electron chi connectivity index (χ3n) is 10.4. The molecule has 2 aromatic heterocycles. The van der Waals surface area contributed by atoms with E-state index in [0.29, 0.717) is 0 Å². The molecule has 10 rings (SSSR count). The lowest BCUT2D eigenvalue weighted by Crippen LogP contribution is -1.94. The van der Waals surface area contributed by atoms with Gasteiger partial charge in [0.25, 0.3) is 0 Å². The molecule has 2 heterocycles. The van der Waals surface area contributed by atoms with E-state index in [1.807, 2.05) is 0 Å². The maximum atomic E-state index is 2.42. The summed E-state index contributed by atoms with van der Waals surface area (Å²) in [5, 5.41) is 5.02. The van der Waals surface area contributed by atoms with Gasteiger partial charge in [-0.1, -0.05) is 133 Å². The average molecular weight is 651 g/mol. The van der Waals surface area contributed by atoms with Gasteiger partial charge in [0.2, 0.25) is 0 Å². The van der Waals surface area contributed by atoms with Gasteiger partial charge in [-0.15, -0.1) is 0 Å². The van der Waals surface area contributed by atoms with Gasteiger partial charge >= 0.3 is 0 Å². The minimum atomic E-state index is 1.17. The molecule has 0 atom stereocenters. The van der Waals surface area contributed by atoms with Crippen molar-refractivity contribution in [2.45, 2.75) is 6.92 Å². The summed E-state index contributed by atoms with van der Waals surface area (Å²) in [5.74, 6) is 0. The molecule has 0 N–H and O–H groups in total. The van der Waals surface area contributed by atoms with Crippen LogP contribution in [-0.2, 0) is 0 Å². The highest BCUT2D eigenvalue weighted by molar-refractivity contribution is 6.13. The van der Waals surface area contributed by atoms with Crippen LogP contribution in [0.4, 0.5) is 0 Å². The number of benzene rings is 8. The van der Waals surface area contributed by atoms with Gasteiger partial charge in [0.05, 0.1) is 22.1 Å². The molecule has 240 valence electrons. The second kappa shape index (κ2) is 11.8. The molecule has 0 aliphatic carbocycles. The largest absolute Gasteiger partial charge is 0.309 e. The summed E-state index contributed by atoms with van der Waals surface area (Å²) in [5.41, 5.74) is 15.7. The number of hydrogen-bond acceptors (Lipinski definition) is 0. The van der Waals surface area contributed by atoms with E-state index >= 15 is 0 Å². The number of rotatable bonds is 5. The summed E-state index contributed by atoms with van der Waals surface area (Å²) in [6, 6.07) is 68.6. The van der Waals surface area contributed by atoms with Crippen LogP contribution in [0.25, 0.3) is 88.4 Å². The van der Waals surface area contributed by atoms with Crippen LogP contribution in [0.3, 0.4) is 0 Å². The fraction of sp³-hybridized carbons (Fsp3) is 0.0204. The second-order valence-corrected chi connectivity index (χ2v) is 13.5. The second-order valence-electron chi connectivity index (χ2n) is 13.5. The molecule has 51 heavy (non-hydrogen) atoms. The molecule has 8 aromatic carbocycles. The molecule has 10 aromatic rings. The molecular weight excluding hydrogens is 617 g/mol. The molecule has 0 saturated carbocycles. The van der Waals surface area contributed by atoms with E-state index in [1.54, 1.807) is 0 Å². The number of nitrogens with zero attached hydrogens (tertiary/aromatic N) is 2. The molecular formula is C49H34N2. The molecule has 0 fully saturated rings. The SMILES string of the molecule is Cc1ccc(-n2c3ccc(-c4ccc5c(c4)c4ccccc4n5-c4ccccc4)cc3c3ccc(-c4ccc(-c5ccccc5)cc4)cc32)cc1. The Morgan fingerprint density at radius 3 is 1.37 bits per heavy atom. The number of fused-ring (bicyclic) bond motifs is 6. The zero-order valence-electron chi connectivity index (χ0n) is 28.3. The van der Waals surface area contributed by atoms with Crippen molar-refractivity contribution in [3.8, 4) is 44.8 Å². The summed E-state index contributed by atoms with van der Waals surface area (Å²) < 4.78 is 4.80. The first kappa shape index (κ1) is 29.3. The predicted molar refractivity (Wildman–Crippen MR) is 216 cm³/mol. The monoisotopic (exact) mass is 650 g/mol. The van der Waals surface area contributed by atoms with E-state index in [0.717, 1.165) is 0 Å². The number of hydrogen-bond donors (Lipinski definition) is 0. The average Bonchev–Trinajstić information content (AvgIpc) is 3.71. The quantitative estimate of drug-likeness (QED) is 0.175. The maximum Gasteiger partial charge on any atom is 0.0547 e. The molecule has 0 aliphatic rings. The molecule has 0 unspecified atom stereocenters. The van der Waals surface area contributed by atoms with Gasteiger partial charge in [-0.05, 0) is 101 Å². The van der Waals surface area contributed by atoms with Crippen molar-refractivity contribution in [2.24, 2.45) is 0 Å². The van der Waals surface area contributed by atoms with Crippen LogP contribution in [0.15, 0.2) is 188 Å². The normalized spacial score (nSPS) is 11.6. The van der Waals surface area contributed by atoms with Crippen molar-refractivity contribution >= 4 is 43.6 Å². The predicted octanol–water partition coefficient (Wildman–Crippen LogP) is 13.2. The molecule has 0 amide bonds. The summed E-state index contributed by atoms with van der Waals surface area (Å²) in [7, 11) is 0. The molecule has 0 saturated heterocycles. The van der Waals surface area contributed by atoms with Crippen LogP contribution in [0.2, 0.25) is 0 Å². The molecule has 0 bridgehead atoms. The van der Waals surface area contributed by atoms with E-state index < -0.39 is 0 Å². The minimum Gasteiger partial charge on any atom is -0.309 e. The highest BCUT2D eigenvalue weighted by atomic mass is 15.0. The van der Waals surface area contributed by atoms with Gasteiger partial charge in [0, 0.05) is 32.9 Å². The number of para-hydroxylation sites is 2. The topological polar surface area (TPSA) is 9.86 Å². The van der Waals surface area contributed by atoms with E-state index in [1.165, 1.54) is 93.9 Å². The standard InChI is InChI=1S/C49H34N2/c1-33-16-25-41(26-17-33)51-48-29-24-38(37-23-28-47-44(30-37)42-14-8-9-15-46(42)50(47)40-12-6-3-7-13-40)31-45(48)43-27-22-39(32-49(43)51)36-20-18-35(19-21-36)34-10-4-2-5-11-34/h2-32H,1H3. The summed E-state index contributed by atoms with van der Waals surface area (Å²) in [6.07, 6.45) is 0. The molecule has 2 heteroatoms. The van der Waals surface area contributed by atoms with E-state index in [9.17, 15) is 0 Å². The van der Waals surface area contributed by atoms with Gasteiger partial charge in [-0.2, -0.15) is 0 Å². The smallest absolute Gasteiger partial charge is 0.0547 e. The third-order valence-corrected chi connectivity index (χ3v) is 10.4. The molecule has 0 radical (unpaired) electrons. The van der Waals surface area contributed by atoms with Crippen molar-refractivity contribution in [1.29, 1.82) is 0 Å². The highest BCUT2D eigenvalue weighted by Crippen LogP contribution is 2.39. The van der Waals surface area contributed by atoms with Crippen LogP contribution in [0.1, 0.15) is 5.56 Å². The Labute approximate surface area is 297 Å². The van der Waals surface area contributed by atoms with Gasteiger partial charge < -0.3 is 9.13 Å². The van der Waals surface area contributed by atoms with Crippen LogP contribution in [-0.4, -0.2) is 9.13 Å². The lowest BCUT2D eigenvalue weighted by atomic mass is 9.98. The Morgan fingerprint density at radius 2 is 0.706 bits per heavy atom. The zero-order chi connectivity index (χ0) is 33.9. The lowest BCUT2D eigenvalue weighted by Gasteiger charge is -2.10. The van der Waals surface area contributed by atoms with Crippen molar-refractivity contribution in [3.05, 3.63) is 194 Å². The lowest BCUT2D eigenvalue weighted by molar-refractivity contribution is 1.17. The van der Waals surface area contributed by atoms with Crippen molar-refractivity contribution in [3.63, 3.8) is 0 Å². The summed E-state index contributed by atoms with van der Waals surface area (Å²) in [4.78, 5) is 0. The molecule has 0 aliphatic heterocycles. The fourth-order valence-electron chi connectivity index (χ4n) is 7.85. The van der Waals surface area contributed by atoms with Crippen molar-refractivity contribution in [2.75, 3.05) is 0 Å². The fourth-order valence-corrected chi connectivity index (χ4v) is 7.85. The van der Waals surface area contributed by atoms with E-state index in [-0.39, 0.29) is 0 Å². The van der Waals surface area contributed by atoms with Crippen LogP contribution >= 0.6 is 0 Å². The number of aromatic nitrogens is 2. The van der Waals surface area contributed by atoms with Gasteiger partial charge in [-0.25, -0.2) is 0 Å². The van der Waals surface area contributed by atoms with Gasteiger partial charge in [0.1, 0.15) is 0 Å². The summed E-state index contributed by atoms with van der Waals surface area (Å²) in [6.45, 7) is 2.15. The minimum absolute atomic E-state index is 1.17.